The average molecular weight is 144 g/mol. The molecule has 4 heterocycles. The summed E-state index contributed by atoms with van der Waals surface area (Å²) in [5.74, 6) is 0. The lowest BCUT2D eigenvalue weighted by molar-refractivity contribution is -0.450. The Kier molecular flexibility index (Phi) is 0.840. The second kappa shape index (κ2) is 1.53. The molecule has 4 bridgehead atoms. The van der Waals surface area contributed by atoms with Crippen LogP contribution in [0.2, 0.25) is 0 Å². The molecule has 0 aromatic rings. The van der Waals surface area contributed by atoms with Gasteiger partial charge in [-0.2, -0.15) is 0 Å². The summed E-state index contributed by atoms with van der Waals surface area (Å²) < 4.78 is 15.7. The highest BCUT2D eigenvalue weighted by atomic mass is 16.8. The minimum atomic E-state index is -0.469. The zero-order valence-electron chi connectivity index (χ0n) is 5.27. The maximum absolute atomic E-state index is 9.38. The van der Waals surface area contributed by atoms with Gasteiger partial charge < -0.3 is 19.3 Å². The van der Waals surface area contributed by atoms with Crippen molar-refractivity contribution in [1.29, 1.82) is 0 Å². The molecule has 0 unspecified atom stereocenters. The molecule has 0 spiro atoms. The third-order valence-corrected chi connectivity index (χ3v) is 2.36. The Morgan fingerprint density at radius 1 is 1.20 bits per heavy atom. The molecule has 4 nitrogen and oxygen atoms in total. The van der Waals surface area contributed by atoms with Crippen LogP contribution in [0.5, 0.6) is 0 Å². The molecule has 4 rings (SSSR count). The molecular formula is C6H8O4. The second-order valence-corrected chi connectivity index (χ2v) is 2.93. The Hall–Kier alpha value is -0.160. The van der Waals surface area contributed by atoms with Crippen molar-refractivity contribution in [2.75, 3.05) is 6.61 Å². The average Bonchev–Trinajstić information content (AvgIpc) is 1.89. The van der Waals surface area contributed by atoms with E-state index in [1.54, 1.807) is 0 Å². The number of hydrogen-bond donors (Lipinski definition) is 1. The van der Waals surface area contributed by atoms with Crippen LogP contribution < -0.4 is 0 Å². The third-order valence-electron chi connectivity index (χ3n) is 2.36. The summed E-state index contributed by atoms with van der Waals surface area (Å²) in [7, 11) is 0. The SMILES string of the molecule is O[C@H]1[C@@H]2O[C@H]3O[C@@H]1CO[C@@H]32. The standard InChI is InChI=1S/C6H8O4/c7-3-2-1-8-5-4(3)10-6(5)9-2/h2-7H,1H2/t2-,3-,4+,5-,6-/m1/s1. The molecule has 0 aromatic heterocycles. The fraction of sp³-hybridized carbons (Fsp3) is 1.00. The summed E-state index contributed by atoms with van der Waals surface area (Å²) in [6, 6.07) is 0. The molecule has 5 atom stereocenters. The first-order valence-electron chi connectivity index (χ1n) is 3.47. The van der Waals surface area contributed by atoms with Crippen LogP contribution in [0.1, 0.15) is 0 Å². The topological polar surface area (TPSA) is 47.9 Å². The highest BCUT2D eigenvalue weighted by Crippen LogP contribution is 2.40. The highest BCUT2D eigenvalue weighted by Gasteiger charge is 2.60. The molecule has 4 saturated heterocycles. The largest absolute Gasteiger partial charge is 0.387 e. The quantitative estimate of drug-likeness (QED) is 0.467. The van der Waals surface area contributed by atoms with Crippen LogP contribution in [0.3, 0.4) is 0 Å². The predicted octanol–water partition coefficient (Wildman–Crippen LogP) is -1.13. The van der Waals surface area contributed by atoms with E-state index in [-0.39, 0.29) is 24.6 Å². The van der Waals surface area contributed by atoms with E-state index in [9.17, 15) is 5.11 Å². The molecule has 10 heavy (non-hydrogen) atoms. The van der Waals surface area contributed by atoms with Crippen LogP contribution in [0.4, 0.5) is 0 Å². The van der Waals surface area contributed by atoms with Crippen LogP contribution in [0, 0.1) is 0 Å². The van der Waals surface area contributed by atoms with Gasteiger partial charge in [0.1, 0.15) is 24.4 Å². The molecule has 4 fully saturated rings. The van der Waals surface area contributed by atoms with E-state index in [0.717, 1.165) is 0 Å². The van der Waals surface area contributed by atoms with Crippen LogP contribution >= 0.6 is 0 Å². The fourth-order valence-corrected chi connectivity index (χ4v) is 1.74. The minimum absolute atomic E-state index is 0.000000000000000222. The van der Waals surface area contributed by atoms with Crippen molar-refractivity contribution >= 4 is 0 Å². The van der Waals surface area contributed by atoms with Crippen molar-refractivity contribution < 1.29 is 19.3 Å². The zero-order chi connectivity index (χ0) is 6.72. The van der Waals surface area contributed by atoms with Gasteiger partial charge in [-0.3, -0.25) is 0 Å². The molecule has 4 aliphatic heterocycles. The molecule has 0 aromatic carbocycles. The summed E-state index contributed by atoms with van der Waals surface area (Å²) in [5.41, 5.74) is 0. The maximum atomic E-state index is 9.38. The van der Waals surface area contributed by atoms with E-state index in [4.69, 9.17) is 14.2 Å². The Bertz CT molecular complexity index is 157. The molecule has 0 aliphatic carbocycles. The monoisotopic (exact) mass is 144 g/mol. The fourth-order valence-electron chi connectivity index (χ4n) is 1.74. The normalized spacial score (nSPS) is 63.9. The summed E-state index contributed by atoms with van der Waals surface area (Å²) in [5, 5.41) is 9.38. The molecule has 4 heteroatoms. The summed E-state index contributed by atoms with van der Waals surface area (Å²) in [6.45, 7) is 0.516. The Balaban J connectivity index is 1.94. The predicted molar refractivity (Wildman–Crippen MR) is 29.3 cm³/mol. The first-order chi connectivity index (χ1) is 4.86. The van der Waals surface area contributed by atoms with Crippen LogP contribution in [0.25, 0.3) is 0 Å². The van der Waals surface area contributed by atoms with Crippen molar-refractivity contribution in [2.45, 2.75) is 30.7 Å². The van der Waals surface area contributed by atoms with Gasteiger partial charge >= 0.3 is 0 Å². The van der Waals surface area contributed by atoms with E-state index >= 15 is 0 Å². The molecule has 4 aliphatic rings. The Morgan fingerprint density at radius 2 is 2.10 bits per heavy atom. The second-order valence-electron chi connectivity index (χ2n) is 2.93. The van der Waals surface area contributed by atoms with Gasteiger partial charge in [0.2, 0.25) is 0 Å². The summed E-state index contributed by atoms with van der Waals surface area (Å²) in [4.78, 5) is 0. The number of aliphatic hydroxyl groups is 1. The van der Waals surface area contributed by atoms with Gasteiger partial charge in [-0.25, -0.2) is 0 Å². The first-order valence-corrected chi connectivity index (χ1v) is 3.47. The molecule has 0 saturated carbocycles. The van der Waals surface area contributed by atoms with Crippen molar-refractivity contribution in [3.63, 3.8) is 0 Å². The maximum Gasteiger partial charge on any atom is 0.187 e. The van der Waals surface area contributed by atoms with Crippen LogP contribution in [0.15, 0.2) is 0 Å². The number of rotatable bonds is 0. The molecule has 0 radical (unpaired) electrons. The van der Waals surface area contributed by atoms with Crippen LogP contribution in [-0.4, -0.2) is 42.4 Å². The molecule has 56 valence electrons. The van der Waals surface area contributed by atoms with Crippen molar-refractivity contribution in [2.24, 2.45) is 0 Å². The van der Waals surface area contributed by atoms with Crippen molar-refractivity contribution in [3.05, 3.63) is 0 Å². The first kappa shape index (κ1) is 5.49. The summed E-state index contributed by atoms with van der Waals surface area (Å²) in [6.07, 6.45) is -0.915. The number of hydrogen-bond acceptors (Lipinski definition) is 4. The van der Waals surface area contributed by atoms with Gasteiger partial charge in [0.25, 0.3) is 0 Å². The van der Waals surface area contributed by atoms with Gasteiger partial charge in [0.15, 0.2) is 6.29 Å². The van der Waals surface area contributed by atoms with Crippen molar-refractivity contribution in [3.8, 4) is 0 Å². The van der Waals surface area contributed by atoms with Crippen molar-refractivity contribution in [1.82, 2.24) is 0 Å². The van der Waals surface area contributed by atoms with E-state index in [2.05, 4.69) is 0 Å². The lowest BCUT2D eigenvalue weighted by Crippen LogP contribution is -2.74. The molecule has 1 N–H and O–H groups in total. The highest BCUT2D eigenvalue weighted by molar-refractivity contribution is 5.02. The van der Waals surface area contributed by atoms with Gasteiger partial charge in [0.05, 0.1) is 6.61 Å². The molecule has 0 amide bonds. The van der Waals surface area contributed by atoms with Gasteiger partial charge in [0, 0.05) is 0 Å². The van der Waals surface area contributed by atoms with E-state index in [1.165, 1.54) is 0 Å². The summed E-state index contributed by atoms with van der Waals surface area (Å²) >= 11 is 0. The smallest absolute Gasteiger partial charge is 0.187 e. The lowest BCUT2D eigenvalue weighted by atomic mass is 9.91. The Labute approximate surface area is 57.7 Å². The van der Waals surface area contributed by atoms with E-state index < -0.39 is 6.10 Å². The Morgan fingerprint density at radius 3 is 2.50 bits per heavy atom. The molecular weight excluding hydrogens is 136 g/mol. The zero-order valence-corrected chi connectivity index (χ0v) is 5.27. The van der Waals surface area contributed by atoms with Gasteiger partial charge in [-0.1, -0.05) is 0 Å². The lowest BCUT2D eigenvalue weighted by Gasteiger charge is -2.57. The van der Waals surface area contributed by atoms with E-state index in [0.29, 0.717) is 6.61 Å². The van der Waals surface area contributed by atoms with Crippen LogP contribution in [-0.2, 0) is 14.2 Å². The third kappa shape index (κ3) is 0.441. The number of ether oxygens (including phenoxy) is 3. The van der Waals surface area contributed by atoms with Gasteiger partial charge in [-0.15, -0.1) is 0 Å². The number of aliphatic hydroxyl groups excluding tert-OH is 1. The number of fused-ring (bicyclic) bond motifs is 1. The van der Waals surface area contributed by atoms with E-state index in [1.807, 2.05) is 0 Å². The van der Waals surface area contributed by atoms with Gasteiger partial charge in [-0.05, 0) is 0 Å². The minimum Gasteiger partial charge on any atom is -0.387 e.